The molecule has 0 aromatic carbocycles. The van der Waals surface area contributed by atoms with E-state index in [0.29, 0.717) is 5.02 Å². The summed E-state index contributed by atoms with van der Waals surface area (Å²) in [4.78, 5) is 0. The first-order valence-electron chi connectivity index (χ1n) is 4.42. The lowest BCUT2D eigenvalue weighted by Crippen LogP contribution is -1.98. The zero-order chi connectivity index (χ0) is 8.97. The van der Waals surface area contributed by atoms with E-state index in [-0.39, 0.29) is 0 Å². The van der Waals surface area contributed by atoms with Crippen LogP contribution in [0.3, 0.4) is 0 Å². The van der Waals surface area contributed by atoms with Crippen LogP contribution >= 0.6 is 11.6 Å². The molecule has 0 saturated carbocycles. The normalized spacial score (nSPS) is 10.6. The van der Waals surface area contributed by atoms with Gasteiger partial charge < -0.3 is 0 Å². The molecule has 0 amide bonds. The third-order valence-corrected chi connectivity index (χ3v) is 2.08. The van der Waals surface area contributed by atoms with Gasteiger partial charge in [-0.1, -0.05) is 31.9 Å². The monoisotopic (exact) mass is 185 g/mol. The Morgan fingerprint density at radius 2 is 2.25 bits per heavy atom. The fourth-order valence-electron chi connectivity index (χ4n) is 1.03. The van der Waals surface area contributed by atoms with Crippen molar-refractivity contribution in [3.8, 4) is 0 Å². The summed E-state index contributed by atoms with van der Waals surface area (Å²) in [5, 5.41) is 4.97. The molecular formula is C9H14ClN2. The molecule has 1 rings (SSSR count). The number of aromatic nitrogens is 2. The smallest absolute Gasteiger partial charge is 0.107 e. The molecule has 3 heteroatoms. The average molecular weight is 186 g/mol. The van der Waals surface area contributed by atoms with E-state index in [4.69, 9.17) is 11.6 Å². The van der Waals surface area contributed by atoms with Crippen LogP contribution in [0, 0.1) is 6.20 Å². The first kappa shape index (κ1) is 9.59. The molecule has 1 aromatic heterocycles. The Kier molecular flexibility index (Phi) is 3.60. The molecule has 1 aromatic rings. The van der Waals surface area contributed by atoms with Crippen molar-refractivity contribution in [1.29, 1.82) is 0 Å². The topological polar surface area (TPSA) is 17.8 Å². The highest BCUT2D eigenvalue weighted by atomic mass is 35.5. The molecular weight excluding hydrogens is 172 g/mol. The maximum Gasteiger partial charge on any atom is 0.107 e. The molecule has 2 nitrogen and oxygen atoms in total. The quantitative estimate of drug-likeness (QED) is 0.706. The minimum atomic E-state index is 0.675. The minimum absolute atomic E-state index is 0.675. The second-order valence-electron chi connectivity index (χ2n) is 2.80. The first-order valence-corrected chi connectivity index (χ1v) is 4.80. The lowest BCUT2D eigenvalue weighted by atomic mass is 10.3. The van der Waals surface area contributed by atoms with Crippen LogP contribution in [0.5, 0.6) is 0 Å². The van der Waals surface area contributed by atoms with Crippen molar-refractivity contribution < 1.29 is 0 Å². The van der Waals surface area contributed by atoms with Crippen molar-refractivity contribution in [2.75, 3.05) is 0 Å². The summed E-state index contributed by atoms with van der Waals surface area (Å²) in [6.45, 7) is 5.13. The van der Waals surface area contributed by atoms with Crippen molar-refractivity contribution in [2.45, 2.75) is 39.7 Å². The number of hydrogen-bond acceptors (Lipinski definition) is 1. The molecule has 0 aliphatic rings. The zero-order valence-corrected chi connectivity index (χ0v) is 8.36. The fraction of sp³-hybridized carbons (Fsp3) is 0.667. The van der Waals surface area contributed by atoms with Crippen LogP contribution in [-0.4, -0.2) is 9.78 Å². The van der Waals surface area contributed by atoms with Gasteiger partial charge in [0.05, 0.1) is 10.7 Å². The molecule has 0 aliphatic heterocycles. The SMILES string of the molecule is CCCCn1[c]c(Cl)c(CC)n1. The van der Waals surface area contributed by atoms with E-state index in [2.05, 4.69) is 18.2 Å². The van der Waals surface area contributed by atoms with Crippen LogP contribution < -0.4 is 0 Å². The number of aryl methyl sites for hydroxylation is 2. The van der Waals surface area contributed by atoms with Crippen molar-refractivity contribution >= 4 is 11.6 Å². The second-order valence-corrected chi connectivity index (χ2v) is 3.18. The van der Waals surface area contributed by atoms with Gasteiger partial charge in [-0.3, -0.25) is 4.68 Å². The largest absolute Gasteiger partial charge is 0.261 e. The Hall–Kier alpha value is -0.500. The third kappa shape index (κ3) is 2.24. The molecule has 0 atom stereocenters. The van der Waals surface area contributed by atoms with Gasteiger partial charge in [-0.25, -0.2) is 0 Å². The number of unbranched alkanes of at least 4 members (excludes halogenated alkanes) is 1. The van der Waals surface area contributed by atoms with Crippen molar-refractivity contribution in [2.24, 2.45) is 0 Å². The number of halogens is 1. The molecule has 0 saturated heterocycles. The highest BCUT2D eigenvalue weighted by molar-refractivity contribution is 6.30. The lowest BCUT2D eigenvalue weighted by molar-refractivity contribution is 0.563. The Morgan fingerprint density at radius 1 is 1.50 bits per heavy atom. The van der Waals surface area contributed by atoms with Crippen LogP contribution in [0.15, 0.2) is 0 Å². The van der Waals surface area contributed by atoms with Crippen LogP contribution in [0.25, 0.3) is 0 Å². The van der Waals surface area contributed by atoms with Crippen molar-refractivity contribution in [3.63, 3.8) is 0 Å². The second kappa shape index (κ2) is 4.51. The van der Waals surface area contributed by atoms with E-state index in [1.807, 2.05) is 11.6 Å². The van der Waals surface area contributed by atoms with E-state index in [1.54, 1.807) is 0 Å². The number of nitrogens with zero attached hydrogens (tertiary/aromatic N) is 2. The number of rotatable bonds is 4. The molecule has 0 N–H and O–H groups in total. The molecule has 0 fully saturated rings. The number of hydrogen-bond donors (Lipinski definition) is 0. The third-order valence-electron chi connectivity index (χ3n) is 1.78. The molecule has 12 heavy (non-hydrogen) atoms. The minimum Gasteiger partial charge on any atom is -0.261 e. The summed E-state index contributed by atoms with van der Waals surface area (Å²) in [5.41, 5.74) is 0.952. The Morgan fingerprint density at radius 3 is 2.75 bits per heavy atom. The van der Waals surface area contributed by atoms with Gasteiger partial charge in [0, 0.05) is 6.54 Å². The highest BCUT2D eigenvalue weighted by Crippen LogP contribution is 2.13. The molecule has 0 spiro atoms. The summed E-state index contributed by atoms with van der Waals surface area (Å²) in [5.74, 6) is 0. The van der Waals surface area contributed by atoms with Crippen LogP contribution in [-0.2, 0) is 13.0 Å². The average Bonchev–Trinajstić information content (AvgIpc) is 2.43. The summed E-state index contributed by atoms with van der Waals surface area (Å²) in [6, 6.07) is 0. The standard InChI is InChI=1S/C9H14ClN2/c1-3-5-6-12-7-8(10)9(4-2)11-12/h3-6H2,1-2H3. The Labute approximate surface area is 78.5 Å². The summed E-state index contributed by atoms with van der Waals surface area (Å²) in [6.07, 6.45) is 6.19. The maximum atomic E-state index is 5.89. The predicted molar refractivity (Wildman–Crippen MR) is 50.4 cm³/mol. The summed E-state index contributed by atoms with van der Waals surface area (Å²) in [7, 11) is 0. The van der Waals surface area contributed by atoms with E-state index in [9.17, 15) is 0 Å². The highest BCUT2D eigenvalue weighted by Gasteiger charge is 2.04. The van der Waals surface area contributed by atoms with Crippen LogP contribution in [0.4, 0.5) is 0 Å². The fourth-order valence-corrected chi connectivity index (χ4v) is 1.30. The van der Waals surface area contributed by atoms with E-state index >= 15 is 0 Å². The van der Waals surface area contributed by atoms with Gasteiger partial charge >= 0.3 is 0 Å². The molecule has 67 valence electrons. The van der Waals surface area contributed by atoms with Gasteiger partial charge in [-0.2, -0.15) is 5.10 Å². The van der Waals surface area contributed by atoms with Gasteiger partial charge in [-0.15, -0.1) is 0 Å². The first-order chi connectivity index (χ1) is 5.77. The molecule has 0 aliphatic carbocycles. The van der Waals surface area contributed by atoms with Gasteiger partial charge in [0.2, 0.25) is 0 Å². The summed E-state index contributed by atoms with van der Waals surface area (Å²) < 4.78 is 1.81. The zero-order valence-electron chi connectivity index (χ0n) is 7.60. The maximum absolute atomic E-state index is 5.89. The Balaban J connectivity index is 2.62. The molecule has 1 radical (unpaired) electrons. The molecule has 0 bridgehead atoms. The van der Waals surface area contributed by atoms with E-state index in [1.165, 1.54) is 6.42 Å². The predicted octanol–water partition coefficient (Wildman–Crippen LogP) is 2.70. The summed E-state index contributed by atoms with van der Waals surface area (Å²) >= 11 is 5.89. The molecule has 0 unspecified atom stereocenters. The van der Waals surface area contributed by atoms with Gasteiger partial charge in [0.25, 0.3) is 0 Å². The van der Waals surface area contributed by atoms with Gasteiger partial charge in [-0.05, 0) is 12.8 Å². The van der Waals surface area contributed by atoms with Crippen molar-refractivity contribution in [3.05, 3.63) is 16.9 Å². The van der Waals surface area contributed by atoms with E-state index < -0.39 is 0 Å². The van der Waals surface area contributed by atoms with Gasteiger partial charge in [0.1, 0.15) is 6.20 Å². The van der Waals surface area contributed by atoms with Crippen LogP contribution in [0.1, 0.15) is 32.4 Å². The van der Waals surface area contributed by atoms with Gasteiger partial charge in [0.15, 0.2) is 0 Å². The van der Waals surface area contributed by atoms with E-state index in [0.717, 1.165) is 25.1 Å². The van der Waals surface area contributed by atoms with Crippen LogP contribution in [0.2, 0.25) is 5.02 Å². The van der Waals surface area contributed by atoms with Crippen molar-refractivity contribution in [1.82, 2.24) is 9.78 Å². The Bertz CT molecular complexity index is 243. The lowest BCUT2D eigenvalue weighted by Gasteiger charge is -1.96. The molecule has 1 heterocycles.